The van der Waals surface area contributed by atoms with Crippen LogP contribution in [0.5, 0.6) is 0 Å². The molecule has 0 aromatic carbocycles. The molecule has 1 heterocycles. The smallest absolute Gasteiger partial charge is 0.0827 e. The lowest BCUT2D eigenvalue weighted by atomic mass is 10.2. The molecule has 0 atom stereocenters. The van der Waals surface area contributed by atoms with Gasteiger partial charge in [0.2, 0.25) is 0 Å². The highest BCUT2D eigenvalue weighted by Gasteiger charge is 2.02. The third-order valence-corrected chi connectivity index (χ3v) is 1.97. The van der Waals surface area contributed by atoms with Gasteiger partial charge in [0.1, 0.15) is 0 Å². The van der Waals surface area contributed by atoms with E-state index in [0.717, 1.165) is 31.5 Å². The highest BCUT2D eigenvalue weighted by molar-refractivity contribution is 4.92. The van der Waals surface area contributed by atoms with Crippen molar-refractivity contribution in [2.45, 2.75) is 39.2 Å². The van der Waals surface area contributed by atoms with Crippen molar-refractivity contribution >= 4 is 0 Å². The average molecular weight is 182 g/mol. The van der Waals surface area contributed by atoms with Crippen molar-refractivity contribution in [1.82, 2.24) is 15.0 Å². The van der Waals surface area contributed by atoms with Crippen molar-refractivity contribution in [2.24, 2.45) is 5.73 Å². The molecule has 1 aromatic heterocycles. The fraction of sp³-hybridized carbons (Fsp3) is 0.778. The highest BCUT2D eigenvalue weighted by atomic mass is 15.4. The first-order chi connectivity index (χ1) is 6.24. The first-order valence-electron chi connectivity index (χ1n) is 4.85. The van der Waals surface area contributed by atoms with Crippen molar-refractivity contribution in [3.8, 4) is 0 Å². The molecule has 0 spiro atoms. The highest BCUT2D eigenvalue weighted by Crippen LogP contribution is 2.05. The van der Waals surface area contributed by atoms with Crippen LogP contribution in [-0.4, -0.2) is 21.5 Å². The molecule has 1 aromatic rings. The normalized spacial score (nSPS) is 11.1. The SMILES string of the molecule is CC(C)n1cc(CCCCN)nn1. The first kappa shape index (κ1) is 10.2. The minimum absolute atomic E-state index is 0.399. The van der Waals surface area contributed by atoms with Crippen molar-refractivity contribution in [1.29, 1.82) is 0 Å². The van der Waals surface area contributed by atoms with Gasteiger partial charge < -0.3 is 5.73 Å². The summed E-state index contributed by atoms with van der Waals surface area (Å²) >= 11 is 0. The molecule has 1 rings (SSSR count). The van der Waals surface area contributed by atoms with Crippen molar-refractivity contribution < 1.29 is 0 Å². The van der Waals surface area contributed by atoms with Gasteiger partial charge in [-0.15, -0.1) is 5.10 Å². The fourth-order valence-corrected chi connectivity index (χ4v) is 1.13. The monoisotopic (exact) mass is 182 g/mol. The zero-order valence-electron chi connectivity index (χ0n) is 8.40. The lowest BCUT2D eigenvalue weighted by molar-refractivity contribution is 0.514. The van der Waals surface area contributed by atoms with Gasteiger partial charge in [0, 0.05) is 12.2 Å². The number of unbranched alkanes of at least 4 members (excludes halogenated alkanes) is 1. The van der Waals surface area contributed by atoms with E-state index in [9.17, 15) is 0 Å². The standard InChI is InChI=1S/C9H18N4/c1-8(2)13-7-9(11-12-13)5-3-4-6-10/h7-8H,3-6,10H2,1-2H3. The summed E-state index contributed by atoms with van der Waals surface area (Å²) in [4.78, 5) is 0. The molecule has 0 unspecified atom stereocenters. The van der Waals surface area contributed by atoms with Gasteiger partial charge in [0.15, 0.2) is 0 Å². The van der Waals surface area contributed by atoms with E-state index in [1.54, 1.807) is 0 Å². The number of rotatable bonds is 5. The number of aryl methyl sites for hydroxylation is 1. The Kier molecular flexibility index (Phi) is 3.89. The molecule has 0 saturated carbocycles. The quantitative estimate of drug-likeness (QED) is 0.695. The topological polar surface area (TPSA) is 56.7 Å². The van der Waals surface area contributed by atoms with Gasteiger partial charge in [0.05, 0.1) is 5.69 Å². The van der Waals surface area contributed by atoms with E-state index in [2.05, 4.69) is 24.2 Å². The minimum atomic E-state index is 0.399. The van der Waals surface area contributed by atoms with E-state index >= 15 is 0 Å². The molecular weight excluding hydrogens is 164 g/mol. The van der Waals surface area contributed by atoms with E-state index in [0.29, 0.717) is 6.04 Å². The summed E-state index contributed by atoms with van der Waals surface area (Å²) < 4.78 is 1.89. The molecule has 74 valence electrons. The van der Waals surface area contributed by atoms with Crippen LogP contribution in [0.15, 0.2) is 6.20 Å². The van der Waals surface area contributed by atoms with Gasteiger partial charge in [-0.05, 0) is 39.7 Å². The van der Waals surface area contributed by atoms with Crippen molar-refractivity contribution in [3.63, 3.8) is 0 Å². The number of hydrogen-bond donors (Lipinski definition) is 1. The molecule has 13 heavy (non-hydrogen) atoms. The predicted octanol–water partition coefficient (Wildman–Crippen LogP) is 1.14. The second kappa shape index (κ2) is 4.97. The largest absolute Gasteiger partial charge is 0.330 e. The second-order valence-corrected chi connectivity index (χ2v) is 3.53. The molecule has 0 radical (unpaired) electrons. The van der Waals surface area contributed by atoms with E-state index in [1.807, 2.05) is 10.9 Å². The van der Waals surface area contributed by atoms with Crippen molar-refractivity contribution in [2.75, 3.05) is 6.54 Å². The summed E-state index contributed by atoms with van der Waals surface area (Å²) in [7, 11) is 0. The Hall–Kier alpha value is -0.900. The molecule has 0 fully saturated rings. The summed E-state index contributed by atoms with van der Waals surface area (Å²) in [6.45, 7) is 4.95. The maximum Gasteiger partial charge on any atom is 0.0827 e. The van der Waals surface area contributed by atoms with Crippen LogP contribution in [0.4, 0.5) is 0 Å². The maximum absolute atomic E-state index is 5.40. The predicted molar refractivity (Wildman–Crippen MR) is 52.4 cm³/mol. The molecule has 0 saturated heterocycles. The molecular formula is C9H18N4. The van der Waals surface area contributed by atoms with E-state index in [-0.39, 0.29) is 0 Å². The summed E-state index contributed by atoms with van der Waals surface area (Å²) in [6, 6.07) is 0.399. The average Bonchev–Trinajstić information content (AvgIpc) is 2.53. The summed E-state index contributed by atoms with van der Waals surface area (Å²) in [5, 5.41) is 8.11. The van der Waals surface area contributed by atoms with E-state index in [1.165, 1.54) is 0 Å². The zero-order valence-corrected chi connectivity index (χ0v) is 8.40. The summed E-state index contributed by atoms with van der Waals surface area (Å²) in [6.07, 6.45) is 5.17. The molecule has 0 amide bonds. The van der Waals surface area contributed by atoms with Gasteiger partial charge in [-0.2, -0.15) is 0 Å². The molecule has 0 aliphatic carbocycles. The van der Waals surface area contributed by atoms with Gasteiger partial charge in [-0.25, -0.2) is 4.68 Å². The number of nitrogens with two attached hydrogens (primary N) is 1. The first-order valence-corrected chi connectivity index (χ1v) is 4.85. The van der Waals surface area contributed by atoms with Crippen LogP contribution in [0.1, 0.15) is 38.4 Å². The van der Waals surface area contributed by atoms with Gasteiger partial charge in [-0.1, -0.05) is 5.21 Å². The Bertz CT molecular complexity index is 242. The van der Waals surface area contributed by atoms with E-state index in [4.69, 9.17) is 5.73 Å². The third-order valence-electron chi connectivity index (χ3n) is 1.97. The van der Waals surface area contributed by atoms with Gasteiger partial charge in [0.25, 0.3) is 0 Å². The van der Waals surface area contributed by atoms with Crippen LogP contribution in [0, 0.1) is 0 Å². The number of hydrogen-bond acceptors (Lipinski definition) is 3. The molecule has 0 aliphatic rings. The second-order valence-electron chi connectivity index (χ2n) is 3.53. The Morgan fingerprint density at radius 3 is 2.77 bits per heavy atom. The molecule has 4 nitrogen and oxygen atoms in total. The zero-order chi connectivity index (χ0) is 9.68. The summed E-state index contributed by atoms with van der Waals surface area (Å²) in [5.74, 6) is 0. The third kappa shape index (κ3) is 3.14. The minimum Gasteiger partial charge on any atom is -0.330 e. The van der Waals surface area contributed by atoms with Gasteiger partial charge >= 0.3 is 0 Å². The van der Waals surface area contributed by atoms with Crippen LogP contribution >= 0.6 is 0 Å². The molecule has 0 aliphatic heterocycles. The van der Waals surface area contributed by atoms with Crippen LogP contribution in [-0.2, 0) is 6.42 Å². The van der Waals surface area contributed by atoms with Crippen LogP contribution in [0.25, 0.3) is 0 Å². The fourth-order valence-electron chi connectivity index (χ4n) is 1.13. The van der Waals surface area contributed by atoms with Crippen LogP contribution in [0.3, 0.4) is 0 Å². The van der Waals surface area contributed by atoms with Crippen LogP contribution < -0.4 is 5.73 Å². The van der Waals surface area contributed by atoms with Crippen LogP contribution in [0.2, 0.25) is 0 Å². The molecule has 0 bridgehead atoms. The number of nitrogens with zero attached hydrogens (tertiary/aromatic N) is 3. The maximum atomic E-state index is 5.40. The van der Waals surface area contributed by atoms with Crippen molar-refractivity contribution in [3.05, 3.63) is 11.9 Å². The number of aromatic nitrogens is 3. The Balaban J connectivity index is 2.40. The molecule has 4 heteroatoms. The Morgan fingerprint density at radius 1 is 1.46 bits per heavy atom. The van der Waals surface area contributed by atoms with Gasteiger partial charge in [-0.3, -0.25) is 0 Å². The molecule has 2 N–H and O–H groups in total. The lowest BCUT2D eigenvalue weighted by Crippen LogP contribution is -2.00. The Labute approximate surface area is 79.1 Å². The Morgan fingerprint density at radius 2 is 2.23 bits per heavy atom. The van der Waals surface area contributed by atoms with E-state index < -0.39 is 0 Å². The summed E-state index contributed by atoms with van der Waals surface area (Å²) in [5.41, 5.74) is 6.48. The lowest BCUT2D eigenvalue weighted by Gasteiger charge is -2.00.